The summed E-state index contributed by atoms with van der Waals surface area (Å²) in [5, 5.41) is 3.81. The molecule has 1 aliphatic rings. The normalized spacial score (nSPS) is 36.8. The third kappa shape index (κ3) is 5.52. The van der Waals surface area contributed by atoms with Gasteiger partial charge in [0.2, 0.25) is 1.43 Å². The number of benzene rings is 2. The molecule has 0 saturated carbocycles. The van der Waals surface area contributed by atoms with Crippen molar-refractivity contribution in [3.8, 4) is 0 Å². The van der Waals surface area contributed by atoms with E-state index < -0.39 is 149 Å². The van der Waals surface area contributed by atoms with E-state index >= 15 is 0 Å². The fourth-order valence-electron chi connectivity index (χ4n) is 2.05. The molecule has 1 aliphatic heterocycles. The van der Waals surface area contributed by atoms with E-state index in [0.29, 0.717) is 0 Å². The zero-order valence-electron chi connectivity index (χ0n) is 37.7. The molecule has 2 aromatic carbocycles. The average Bonchev–Trinajstić information content (AvgIpc) is 3.08. The minimum absolute atomic E-state index is 0.146. The summed E-state index contributed by atoms with van der Waals surface area (Å²) >= 11 is 0. The van der Waals surface area contributed by atoms with Crippen LogP contribution in [0.3, 0.4) is 0 Å². The topological polar surface area (TPSA) is 95.9 Å². The monoisotopic (exact) mass is 455 g/mol. The molecule has 0 aliphatic carbocycles. The van der Waals surface area contributed by atoms with Gasteiger partial charge in [0.25, 0.3) is 10.0 Å². The van der Waals surface area contributed by atoms with E-state index in [2.05, 4.69) is 5.11 Å². The van der Waals surface area contributed by atoms with E-state index in [9.17, 15) is 13.2 Å². The fourth-order valence-corrected chi connectivity index (χ4v) is 2.83. The molecule has 2 aromatic rings. The van der Waals surface area contributed by atoms with Crippen molar-refractivity contribution in [1.82, 2.24) is 4.90 Å². The Kier molecular flexibility index (Phi) is 2.01. The highest BCUT2D eigenvalue weighted by molar-refractivity contribution is 7.92. The van der Waals surface area contributed by atoms with Crippen LogP contribution in [-0.2, 0) is 34.1 Å². The number of fused-ring (bicyclic) bond motifs is 1. The predicted octanol–water partition coefficient (Wildman–Crippen LogP) is 3.32. The van der Waals surface area contributed by atoms with E-state index in [1.807, 2.05) is 0 Å². The maximum atomic E-state index is 13.7. The van der Waals surface area contributed by atoms with Crippen LogP contribution in [0.4, 0.5) is 10.5 Å². The van der Waals surface area contributed by atoms with Gasteiger partial charge >= 0.3 is 6.09 Å². The number of anilines is 1. The third-order valence-corrected chi connectivity index (χ3v) is 4.44. The second kappa shape index (κ2) is 8.65. The molecule has 162 valence electrons. The molecule has 1 amide bonds. The molecule has 2 N–H and O–H groups in total. The van der Waals surface area contributed by atoms with Crippen LogP contribution in [0.1, 0.15) is 66.1 Å². The van der Waals surface area contributed by atoms with Crippen molar-refractivity contribution in [1.29, 1.82) is 1.43 Å². The molecule has 1 heterocycles. The number of rotatable bonds is 5. The molecule has 3 rings (SSSR count). The van der Waals surface area contributed by atoms with Gasteiger partial charge in [-0.05, 0) is 74.2 Å². The molecule has 4 unspecified atom stereocenters. The van der Waals surface area contributed by atoms with Gasteiger partial charge in [0, 0.05) is 35.2 Å². The second-order valence-electron chi connectivity index (χ2n) is 5.57. The van der Waals surface area contributed by atoms with Gasteiger partial charge in [-0.25, -0.2) is 13.2 Å². The summed E-state index contributed by atoms with van der Waals surface area (Å²) in [5.74, 6) is 0. The van der Waals surface area contributed by atoms with Crippen molar-refractivity contribution in [3.05, 3.63) is 59.0 Å². The Morgan fingerprint density at radius 2 is 2.07 bits per heavy atom. The molecule has 30 heavy (non-hydrogen) atoms. The van der Waals surface area contributed by atoms with Gasteiger partial charge in [-0.1, -0.05) is 18.1 Å². The molecule has 4 atom stereocenters. The van der Waals surface area contributed by atoms with Crippen molar-refractivity contribution in [2.75, 3.05) is 17.8 Å². The van der Waals surface area contributed by atoms with Crippen LogP contribution in [0.25, 0.3) is 0 Å². The molecule has 0 saturated heterocycles. The first-order valence-electron chi connectivity index (χ1n) is 19.6. The zero-order chi connectivity index (χ0) is 41.5. The number of carbonyl (C=O) groups is 1. The van der Waals surface area contributed by atoms with E-state index in [-0.39, 0.29) is 4.90 Å². The van der Waals surface area contributed by atoms with Crippen molar-refractivity contribution in [2.45, 2.75) is 50.4 Å². The van der Waals surface area contributed by atoms with Gasteiger partial charge in [-0.15, -0.1) is 0 Å². The summed E-state index contributed by atoms with van der Waals surface area (Å²) in [5.41, 5.74) is -8.46. The molecule has 0 radical (unpaired) electrons. The van der Waals surface area contributed by atoms with Gasteiger partial charge in [0.1, 0.15) is 5.60 Å². The summed E-state index contributed by atoms with van der Waals surface area (Å²) in [4.78, 5) is 11.7. The Balaban J connectivity index is 2.29. The van der Waals surface area contributed by atoms with Gasteiger partial charge in [0.05, 0.1) is 23.8 Å². The number of amides is 1. The summed E-state index contributed by atoms with van der Waals surface area (Å²) in [7, 11) is -5.77. The average molecular weight is 456 g/mol. The standard InChI is InChI=1S/C22H28N2O5S/c1-22(2,3)29-21(26)24-12-10-17-6-7-19(14-18(17)11-13-24)23-30(27,28)20-8-4-16(15-25)5-9-20/h4-9,14,23,25H,10-13,15H2,1-3H3/i1D2,2D3,3D3,4D,5D,6D,7D,8D,9D,10D,11D,12D,13D,14D,15D2,25D/hD. The van der Waals surface area contributed by atoms with Crippen LogP contribution in [0.5, 0.6) is 0 Å². The molecule has 8 heteroatoms. The van der Waals surface area contributed by atoms with Crippen molar-refractivity contribution in [2.24, 2.45) is 0 Å². The Morgan fingerprint density at radius 1 is 1.33 bits per heavy atom. The van der Waals surface area contributed by atoms with Gasteiger partial charge in [0.15, 0.2) is 1.41 Å². The summed E-state index contributed by atoms with van der Waals surface area (Å²) in [6.45, 7) is -19.2. The summed E-state index contributed by atoms with van der Waals surface area (Å²) in [6, 6.07) is -9.70. The van der Waals surface area contributed by atoms with E-state index in [4.69, 9.17) is 36.4 Å². The van der Waals surface area contributed by atoms with Crippen LogP contribution in [0, 0.1) is 0 Å². The lowest BCUT2D eigenvalue weighted by atomic mass is 10.0. The molecule has 7 nitrogen and oxygen atoms in total. The Morgan fingerprint density at radius 3 is 2.73 bits per heavy atom. The predicted molar refractivity (Wildman–Crippen MR) is 115 cm³/mol. The number of hydrogen-bond acceptors (Lipinski definition) is 5. The molecular weight excluding hydrogens is 404 g/mol. The molecule has 0 spiro atoms. The highest BCUT2D eigenvalue weighted by atomic mass is 32.2. The van der Waals surface area contributed by atoms with Crippen LogP contribution >= 0.6 is 0 Å². The number of carbonyl (C=O) groups excluding carboxylic acids is 1. The van der Waals surface area contributed by atoms with Crippen LogP contribution in [0.15, 0.2) is 47.2 Å². The Hall–Kier alpha value is -2.58. The minimum Gasteiger partial charge on any atom is -0.444 e. The Bertz CT molecular complexity index is 1860. The number of nitrogens with one attached hydrogen (secondary N) is 1. The highest BCUT2D eigenvalue weighted by Crippen LogP contribution is 2.24. The lowest BCUT2D eigenvalue weighted by Gasteiger charge is -2.26. The van der Waals surface area contributed by atoms with Gasteiger partial charge in [-0.3, -0.25) is 4.72 Å². The van der Waals surface area contributed by atoms with Gasteiger partial charge < -0.3 is 14.7 Å². The molecule has 0 fully saturated rings. The number of hydrogen-bond donors (Lipinski definition) is 2. The first-order chi connectivity index (χ1) is 23.8. The van der Waals surface area contributed by atoms with Gasteiger partial charge in [-0.2, -0.15) is 0 Å². The highest BCUT2D eigenvalue weighted by Gasteiger charge is 2.24. The molecular formula is C22H28N2O5S. The van der Waals surface area contributed by atoms with E-state index in [1.54, 1.807) is 0 Å². The van der Waals surface area contributed by atoms with E-state index in [1.165, 1.54) is 0 Å². The third-order valence-electron chi connectivity index (χ3n) is 3.30. The van der Waals surface area contributed by atoms with Crippen LogP contribution in [0.2, 0.25) is 1.41 Å². The summed E-state index contributed by atoms with van der Waals surface area (Å²) in [6.07, 6.45) is -7.03. The first-order valence-corrected chi connectivity index (χ1v) is 9.22. The van der Waals surface area contributed by atoms with E-state index in [0.717, 1.165) is 0 Å². The van der Waals surface area contributed by atoms with Crippen LogP contribution in [-0.4, -0.2) is 44.6 Å². The fraction of sp³-hybridized carbons (Fsp3) is 0.409. The lowest BCUT2D eigenvalue weighted by Crippen LogP contribution is -2.38. The molecule has 0 aromatic heterocycles. The maximum Gasteiger partial charge on any atom is 0.410 e. The Labute approximate surface area is 210 Å². The van der Waals surface area contributed by atoms with Crippen molar-refractivity contribution < 1.29 is 53.3 Å². The number of ether oxygens (including phenoxy) is 1. The number of sulfonamides is 1. The largest absolute Gasteiger partial charge is 0.444 e. The van der Waals surface area contributed by atoms with Crippen molar-refractivity contribution >= 4 is 21.8 Å². The SMILES string of the molecule is [2H]OC([2H])([2H])c1c([2H])c([2H])c(S(=O)(=O)N([2H])c2c([2H])c([2H])c3c(c2[2H])C([2H])C([2H])N(C(=O)OC(C([2H])[2H])(C([2H])([2H])[2H])C([2H])([2H])[2H])C([2H])C3[2H])c([2H])c1[2H]. The lowest BCUT2D eigenvalue weighted by molar-refractivity contribution is 0.0258. The van der Waals surface area contributed by atoms with Crippen molar-refractivity contribution in [3.63, 3.8) is 0 Å². The number of nitrogens with zero attached hydrogens (tertiary/aromatic N) is 1. The maximum absolute atomic E-state index is 13.7. The zero-order valence-corrected chi connectivity index (χ0v) is 15.5. The first kappa shape index (κ1) is 6.97. The number of aliphatic hydroxyl groups is 1. The molecule has 0 bridgehead atoms. The quantitative estimate of drug-likeness (QED) is 0.721. The second-order valence-corrected chi connectivity index (χ2v) is 7.11. The minimum atomic E-state index is -5.77. The van der Waals surface area contributed by atoms with Crippen LogP contribution < -0.4 is 4.72 Å². The summed E-state index contributed by atoms with van der Waals surface area (Å²) < 4.78 is 216. The smallest absolute Gasteiger partial charge is 0.410 e.